The van der Waals surface area contributed by atoms with E-state index >= 15 is 0 Å². The zero-order chi connectivity index (χ0) is 23.0. The monoisotopic (exact) mass is 429 g/mol. The number of phenols is 1. The van der Waals surface area contributed by atoms with Crippen molar-refractivity contribution in [1.82, 2.24) is 4.90 Å². The molecule has 1 unspecified atom stereocenters. The van der Waals surface area contributed by atoms with E-state index in [9.17, 15) is 34.8 Å². The lowest BCUT2D eigenvalue weighted by Crippen LogP contribution is -2.65. The second-order valence-electron chi connectivity index (χ2n) is 8.50. The Hall–Kier alpha value is -3.37. The number of nitrogens with two attached hydrogens (primary N) is 2. The van der Waals surface area contributed by atoms with Gasteiger partial charge in [0.25, 0.3) is 5.91 Å². The predicted octanol–water partition coefficient (Wildman–Crippen LogP) is -0.454. The molecule has 0 radical (unpaired) electrons. The highest BCUT2D eigenvalue weighted by Crippen LogP contribution is 2.52. The SMILES string of the molecule is CN(C)[C@@H]1C(=O)C(C(N)=O)=C(O)[C@@]2(O)C(=O)C3=C(O)c4c(ccc(N)c4O)CC3C[C@@H]12. The van der Waals surface area contributed by atoms with Crippen LogP contribution in [0.4, 0.5) is 5.69 Å². The summed E-state index contributed by atoms with van der Waals surface area (Å²) < 4.78 is 0. The summed E-state index contributed by atoms with van der Waals surface area (Å²) in [6.45, 7) is 0. The van der Waals surface area contributed by atoms with Crippen LogP contribution in [0.5, 0.6) is 5.75 Å². The van der Waals surface area contributed by atoms with Gasteiger partial charge >= 0.3 is 0 Å². The highest BCUT2D eigenvalue weighted by Gasteiger charge is 2.64. The largest absolute Gasteiger partial charge is 0.508 e. The van der Waals surface area contributed by atoms with Gasteiger partial charge in [0.05, 0.1) is 17.3 Å². The topological polar surface area (TPSA) is 187 Å². The number of nitrogens with zero attached hydrogens (tertiary/aromatic N) is 1. The summed E-state index contributed by atoms with van der Waals surface area (Å²) in [4.78, 5) is 39.8. The fraction of sp³-hybridized carbons (Fsp3) is 0.381. The number of rotatable bonds is 2. The van der Waals surface area contributed by atoms with E-state index in [4.69, 9.17) is 11.5 Å². The van der Waals surface area contributed by atoms with E-state index in [1.807, 2.05) is 0 Å². The molecule has 164 valence electrons. The first-order valence-corrected chi connectivity index (χ1v) is 9.68. The molecule has 3 aliphatic rings. The number of carbonyl (C=O) groups excluding carboxylic acids is 3. The van der Waals surface area contributed by atoms with Crippen molar-refractivity contribution in [3.05, 3.63) is 40.2 Å². The number of benzene rings is 1. The normalized spacial score (nSPS) is 30.3. The number of hydrogen-bond donors (Lipinski definition) is 6. The third-order valence-corrected chi connectivity index (χ3v) is 6.62. The number of anilines is 1. The highest BCUT2D eigenvalue weighted by atomic mass is 16.3. The molecule has 4 atom stereocenters. The number of fused-ring (bicyclic) bond motifs is 3. The molecule has 3 aliphatic carbocycles. The molecular formula is C21H23N3O7. The minimum Gasteiger partial charge on any atom is -0.508 e. The smallest absolute Gasteiger partial charge is 0.255 e. The first kappa shape index (κ1) is 20.9. The summed E-state index contributed by atoms with van der Waals surface area (Å²) in [6, 6.07) is 2.01. The van der Waals surface area contributed by atoms with Gasteiger partial charge in [-0.25, -0.2) is 0 Å². The number of amides is 1. The number of primary amides is 1. The molecule has 0 saturated heterocycles. The van der Waals surface area contributed by atoms with Crippen LogP contribution in [0.1, 0.15) is 17.5 Å². The summed E-state index contributed by atoms with van der Waals surface area (Å²) in [5.41, 5.74) is 7.85. The summed E-state index contributed by atoms with van der Waals surface area (Å²) >= 11 is 0. The van der Waals surface area contributed by atoms with Crippen LogP contribution in [-0.4, -0.2) is 68.5 Å². The summed E-state index contributed by atoms with van der Waals surface area (Å²) in [5.74, 6) is -6.84. The van der Waals surface area contributed by atoms with Crippen LogP contribution in [0.3, 0.4) is 0 Å². The summed E-state index contributed by atoms with van der Waals surface area (Å²) in [6.07, 6.45) is 0.291. The molecule has 10 nitrogen and oxygen atoms in total. The van der Waals surface area contributed by atoms with Gasteiger partial charge in [0.1, 0.15) is 22.8 Å². The van der Waals surface area contributed by atoms with Crippen LogP contribution in [0, 0.1) is 11.8 Å². The average Bonchev–Trinajstić information content (AvgIpc) is 2.67. The Bertz CT molecular complexity index is 1120. The van der Waals surface area contributed by atoms with Gasteiger partial charge in [-0.1, -0.05) is 6.07 Å². The number of aromatic hydroxyl groups is 1. The number of ketones is 2. The number of aliphatic hydroxyl groups is 3. The standard InChI is InChI=1S/C21H23N3O7/c1-24(2)14-9-6-8-5-7-3-4-10(22)15(25)11(7)16(26)12(8)18(28)21(9,31)19(29)13(17(14)27)20(23)30/h3-4,8-9,14,25-26,29,31H,5-6,22H2,1-2H3,(H2,23,30)/t8?,9-,14-,21-/m0/s1. The van der Waals surface area contributed by atoms with Crippen LogP contribution in [-0.2, 0) is 20.8 Å². The van der Waals surface area contributed by atoms with E-state index in [1.54, 1.807) is 20.2 Å². The fourth-order valence-corrected chi connectivity index (χ4v) is 5.23. The Balaban J connectivity index is 1.98. The van der Waals surface area contributed by atoms with Crippen LogP contribution >= 0.6 is 0 Å². The maximum Gasteiger partial charge on any atom is 0.255 e. The van der Waals surface area contributed by atoms with Crippen molar-refractivity contribution in [1.29, 1.82) is 0 Å². The Morgan fingerprint density at radius 1 is 1.19 bits per heavy atom. The van der Waals surface area contributed by atoms with Gasteiger partial charge in [0, 0.05) is 11.5 Å². The van der Waals surface area contributed by atoms with Gasteiger partial charge in [-0.05, 0) is 44.5 Å². The van der Waals surface area contributed by atoms with E-state index in [-0.39, 0.29) is 29.7 Å². The first-order valence-electron chi connectivity index (χ1n) is 9.68. The van der Waals surface area contributed by atoms with Crippen LogP contribution in [0.15, 0.2) is 29.0 Å². The molecule has 31 heavy (non-hydrogen) atoms. The van der Waals surface area contributed by atoms with E-state index in [0.29, 0.717) is 5.56 Å². The zero-order valence-corrected chi connectivity index (χ0v) is 16.9. The molecule has 0 aliphatic heterocycles. The molecule has 1 amide bonds. The Morgan fingerprint density at radius 3 is 2.42 bits per heavy atom. The van der Waals surface area contributed by atoms with E-state index in [2.05, 4.69) is 0 Å². The van der Waals surface area contributed by atoms with Crippen molar-refractivity contribution in [2.24, 2.45) is 17.6 Å². The van der Waals surface area contributed by atoms with Crippen molar-refractivity contribution in [3.8, 4) is 5.75 Å². The lowest BCUT2D eigenvalue weighted by Gasteiger charge is -2.50. The number of likely N-dealkylation sites (N-methyl/N-ethyl adjacent to an activating group) is 1. The van der Waals surface area contributed by atoms with Gasteiger partial charge in [0.2, 0.25) is 5.78 Å². The molecule has 4 rings (SSSR count). The van der Waals surface area contributed by atoms with E-state index in [0.717, 1.165) is 0 Å². The van der Waals surface area contributed by atoms with Gasteiger partial charge in [-0.15, -0.1) is 0 Å². The predicted molar refractivity (Wildman–Crippen MR) is 109 cm³/mol. The van der Waals surface area contributed by atoms with Gasteiger partial charge in [-0.3, -0.25) is 19.3 Å². The van der Waals surface area contributed by atoms with Crippen molar-refractivity contribution in [3.63, 3.8) is 0 Å². The van der Waals surface area contributed by atoms with Gasteiger partial charge in [0.15, 0.2) is 11.4 Å². The summed E-state index contributed by atoms with van der Waals surface area (Å²) in [7, 11) is 3.10. The molecule has 0 spiro atoms. The van der Waals surface area contributed by atoms with Crippen molar-refractivity contribution < 1.29 is 34.8 Å². The molecule has 0 aromatic heterocycles. The highest BCUT2D eigenvalue weighted by molar-refractivity contribution is 6.24. The number of hydrogen-bond acceptors (Lipinski definition) is 9. The number of Topliss-reactive ketones (excluding diaryl/α,β-unsaturated/α-hetero) is 2. The lowest BCUT2D eigenvalue weighted by molar-refractivity contribution is -0.153. The van der Waals surface area contributed by atoms with Crippen LogP contribution in [0.2, 0.25) is 0 Å². The molecule has 0 heterocycles. The fourth-order valence-electron chi connectivity index (χ4n) is 5.23. The molecule has 1 aromatic rings. The number of nitrogen functional groups attached to an aromatic ring is 1. The quantitative estimate of drug-likeness (QED) is 0.205. The van der Waals surface area contributed by atoms with Crippen LogP contribution in [0.25, 0.3) is 5.76 Å². The van der Waals surface area contributed by atoms with Crippen molar-refractivity contribution in [2.75, 3.05) is 19.8 Å². The average molecular weight is 429 g/mol. The van der Waals surface area contributed by atoms with Gasteiger partial charge in [-0.2, -0.15) is 0 Å². The number of phenolic OH excluding ortho intramolecular Hbond substituents is 1. The molecule has 1 aromatic carbocycles. The molecule has 0 bridgehead atoms. The van der Waals surface area contributed by atoms with Crippen molar-refractivity contribution >= 4 is 28.9 Å². The summed E-state index contributed by atoms with van der Waals surface area (Å²) in [5, 5.41) is 43.4. The molecule has 8 N–H and O–H groups in total. The minimum atomic E-state index is -2.64. The third-order valence-electron chi connectivity index (χ3n) is 6.62. The lowest BCUT2D eigenvalue weighted by atomic mass is 9.57. The number of carbonyl (C=O) groups is 3. The minimum absolute atomic E-state index is 0.00103. The van der Waals surface area contributed by atoms with Crippen LogP contribution < -0.4 is 11.5 Å². The zero-order valence-electron chi connectivity index (χ0n) is 16.9. The first-order chi connectivity index (χ1) is 14.4. The second kappa shape index (κ2) is 6.56. The van der Waals surface area contributed by atoms with E-state index in [1.165, 1.54) is 11.0 Å². The number of aliphatic hydroxyl groups excluding tert-OH is 2. The van der Waals surface area contributed by atoms with Crippen molar-refractivity contribution in [2.45, 2.75) is 24.5 Å². The maximum absolute atomic E-state index is 13.5. The van der Waals surface area contributed by atoms with Gasteiger partial charge < -0.3 is 31.9 Å². The van der Waals surface area contributed by atoms with E-state index < -0.39 is 63.8 Å². The second-order valence-corrected chi connectivity index (χ2v) is 8.50. The Morgan fingerprint density at radius 2 is 1.84 bits per heavy atom. The molecule has 1 saturated carbocycles. The Kier molecular flexibility index (Phi) is 4.42. The molecule has 10 heteroatoms. The molecular weight excluding hydrogens is 406 g/mol. The molecule has 1 fully saturated rings. The maximum atomic E-state index is 13.5. The third kappa shape index (κ3) is 2.55. The Labute approximate surface area is 177 Å².